The minimum atomic E-state index is -0.584. The molecule has 1 aromatic carbocycles. The van der Waals surface area contributed by atoms with Gasteiger partial charge >= 0.3 is 5.82 Å². The molecule has 0 spiro atoms. The summed E-state index contributed by atoms with van der Waals surface area (Å²) in [5.41, 5.74) is 0.706. The summed E-state index contributed by atoms with van der Waals surface area (Å²) in [7, 11) is 0. The zero-order chi connectivity index (χ0) is 15.9. The van der Waals surface area contributed by atoms with E-state index in [1.165, 1.54) is 23.0 Å². The number of aromatic nitrogens is 2. The van der Waals surface area contributed by atoms with Crippen LogP contribution in [0, 0.1) is 32.8 Å². The van der Waals surface area contributed by atoms with Crippen LogP contribution in [0.25, 0.3) is 6.08 Å². The SMILES string of the molecule is N#CC(C#N)=Cc1ccc(OCn2ccc([N+](=O)[O-])n2)cc1. The molecule has 0 fully saturated rings. The molecule has 0 unspecified atom stereocenters. The molecule has 0 saturated carbocycles. The van der Waals surface area contributed by atoms with Crippen molar-refractivity contribution in [3.8, 4) is 17.9 Å². The van der Waals surface area contributed by atoms with Gasteiger partial charge in [0.25, 0.3) is 0 Å². The Morgan fingerprint density at radius 1 is 1.32 bits per heavy atom. The number of benzene rings is 1. The minimum absolute atomic E-state index is 0.0116. The van der Waals surface area contributed by atoms with Gasteiger partial charge in [-0.15, -0.1) is 4.68 Å². The molecule has 0 radical (unpaired) electrons. The lowest BCUT2D eigenvalue weighted by Crippen LogP contribution is -2.06. The van der Waals surface area contributed by atoms with Gasteiger partial charge in [0.1, 0.15) is 23.5 Å². The number of hydrogen-bond acceptors (Lipinski definition) is 6. The maximum atomic E-state index is 10.5. The summed E-state index contributed by atoms with van der Waals surface area (Å²) < 4.78 is 6.73. The van der Waals surface area contributed by atoms with Crippen molar-refractivity contribution in [1.82, 2.24) is 9.78 Å². The van der Waals surface area contributed by atoms with Crippen LogP contribution >= 0.6 is 0 Å². The Labute approximate surface area is 125 Å². The van der Waals surface area contributed by atoms with E-state index in [2.05, 4.69) is 5.10 Å². The molecule has 0 saturated heterocycles. The zero-order valence-corrected chi connectivity index (χ0v) is 11.2. The highest BCUT2D eigenvalue weighted by Gasteiger charge is 2.10. The second-order valence-corrected chi connectivity index (χ2v) is 4.09. The number of ether oxygens (including phenoxy) is 1. The van der Waals surface area contributed by atoms with Gasteiger partial charge in [-0.1, -0.05) is 12.1 Å². The van der Waals surface area contributed by atoms with E-state index in [0.717, 1.165) is 0 Å². The first-order valence-corrected chi connectivity index (χ1v) is 6.05. The third kappa shape index (κ3) is 3.68. The molecular weight excluding hydrogens is 286 g/mol. The van der Waals surface area contributed by atoms with Crippen LogP contribution in [0.5, 0.6) is 5.75 Å². The van der Waals surface area contributed by atoms with E-state index in [4.69, 9.17) is 15.3 Å². The fraction of sp³-hybridized carbons (Fsp3) is 0.0714. The minimum Gasteiger partial charge on any atom is -0.469 e. The summed E-state index contributed by atoms with van der Waals surface area (Å²) in [6.07, 6.45) is 2.90. The molecule has 1 aromatic heterocycles. The van der Waals surface area contributed by atoms with Gasteiger partial charge in [-0.25, -0.2) is 0 Å². The molecule has 0 N–H and O–H groups in total. The van der Waals surface area contributed by atoms with Crippen LogP contribution in [0.1, 0.15) is 5.56 Å². The third-order valence-electron chi connectivity index (χ3n) is 2.61. The van der Waals surface area contributed by atoms with E-state index >= 15 is 0 Å². The van der Waals surface area contributed by atoms with Crippen molar-refractivity contribution in [3.05, 3.63) is 57.8 Å². The number of nitro groups is 1. The fourth-order valence-corrected chi connectivity index (χ4v) is 1.58. The van der Waals surface area contributed by atoms with Crippen molar-refractivity contribution in [1.29, 1.82) is 10.5 Å². The van der Waals surface area contributed by atoms with E-state index in [0.29, 0.717) is 11.3 Å². The van der Waals surface area contributed by atoms with Crippen LogP contribution in [0.4, 0.5) is 5.82 Å². The van der Waals surface area contributed by atoms with Crippen molar-refractivity contribution >= 4 is 11.9 Å². The molecule has 0 aliphatic rings. The molecule has 108 valence electrons. The molecular formula is C14H9N5O3. The van der Waals surface area contributed by atoms with Gasteiger partial charge in [0.15, 0.2) is 0 Å². The van der Waals surface area contributed by atoms with Crippen LogP contribution in [-0.2, 0) is 6.73 Å². The Kier molecular flexibility index (Phi) is 4.48. The molecule has 0 atom stereocenters. The van der Waals surface area contributed by atoms with Gasteiger partial charge < -0.3 is 14.9 Å². The smallest absolute Gasteiger partial charge is 0.390 e. The van der Waals surface area contributed by atoms with E-state index in [9.17, 15) is 10.1 Å². The Bertz CT molecular complexity index is 777. The monoisotopic (exact) mass is 295 g/mol. The summed E-state index contributed by atoms with van der Waals surface area (Å²) in [5, 5.41) is 31.6. The molecule has 2 aromatic rings. The predicted molar refractivity (Wildman–Crippen MR) is 75.2 cm³/mol. The quantitative estimate of drug-likeness (QED) is 0.474. The molecule has 1 heterocycles. The lowest BCUT2D eigenvalue weighted by Gasteiger charge is -2.04. The Hall–Kier alpha value is -3.65. The molecule has 0 aliphatic heterocycles. The van der Waals surface area contributed by atoms with Gasteiger partial charge in [0.2, 0.25) is 6.73 Å². The largest absolute Gasteiger partial charge is 0.469 e. The Morgan fingerprint density at radius 3 is 2.55 bits per heavy atom. The normalized spacial score (nSPS) is 9.36. The number of rotatable bonds is 5. The molecule has 2 rings (SSSR count). The summed E-state index contributed by atoms with van der Waals surface area (Å²) in [6, 6.07) is 11.5. The van der Waals surface area contributed by atoms with Gasteiger partial charge in [-0.2, -0.15) is 10.5 Å². The topological polar surface area (TPSA) is 118 Å². The molecule has 22 heavy (non-hydrogen) atoms. The second-order valence-electron chi connectivity index (χ2n) is 4.09. The van der Waals surface area contributed by atoms with Gasteiger partial charge in [-0.3, -0.25) is 0 Å². The lowest BCUT2D eigenvalue weighted by atomic mass is 10.1. The number of allylic oxidation sites excluding steroid dienone is 1. The van der Waals surface area contributed by atoms with Gasteiger partial charge in [-0.05, 0) is 28.7 Å². The number of hydrogen-bond donors (Lipinski definition) is 0. The predicted octanol–water partition coefficient (Wildman–Crippen LogP) is 2.26. The molecule has 8 nitrogen and oxygen atoms in total. The standard InChI is InChI=1S/C14H9N5O3/c15-8-12(9-16)7-11-1-3-13(4-2-11)22-10-18-6-5-14(17-18)19(20)21/h1-7H,10H2. The Morgan fingerprint density at radius 2 is 2.00 bits per heavy atom. The van der Waals surface area contributed by atoms with Crippen LogP contribution in [0.2, 0.25) is 0 Å². The van der Waals surface area contributed by atoms with Crippen molar-refractivity contribution in [2.24, 2.45) is 0 Å². The third-order valence-corrected chi connectivity index (χ3v) is 2.61. The first kappa shape index (κ1) is 14.8. The molecule has 8 heteroatoms. The summed E-state index contributed by atoms with van der Waals surface area (Å²) in [4.78, 5) is 9.92. The summed E-state index contributed by atoms with van der Waals surface area (Å²) >= 11 is 0. The highest BCUT2D eigenvalue weighted by atomic mass is 16.6. The lowest BCUT2D eigenvalue weighted by molar-refractivity contribution is -0.389. The Balaban J connectivity index is 2.00. The van der Waals surface area contributed by atoms with Crippen LogP contribution in [-0.4, -0.2) is 14.7 Å². The van der Waals surface area contributed by atoms with Crippen molar-refractivity contribution in [2.45, 2.75) is 6.73 Å². The zero-order valence-electron chi connectivity index (χ0n) is 11.2. The number of nitriles is 2. The first-order valence-electron chi connectivity index (χ1n) is 6.05. The molecule has 0 bridgehead atoms. The first-order chi connectivity index (χ1) is 10.6. The second kappa shape index (κ2) is 6.68. The van der Waals surface area contributed by atoms with E-state index in [1.807, 2.05) is 0 Å². The highest BCUT2D eigenvalue weighted by Crippen LogP contribution is 2.15. The summed E-state index contributed by atoms with van der Waals surface area (Å²) in [5.74, 6) is 0.287. The van der Waals surface area contributed by atoms with Gasteiger partial charge in [0, 0.05) is 0 Å². The van der Waals surface area contributed by atoms with E-state index in [1.54, 1.807) is 36.4 Å². The van der Waals surface area contributed by atoms with Gasteiger partial charge in [0.05, 0.1) is 17.4 Å². The van der Waals surface area contributed by atoms with Crippen molar-refractivity contribution in [2.75, 3.05) is 0 Å². The maximum absolute atomic E-state index is 10.5. The summed E-state index contributed by atoms with van der Waals surface area (Å²) in [6.45, 7) is 0.0324. The number of nitrogens with zero attached hydrogens (tertiary/aromatic N) is 5. The highest BCUT2D eigenvalue weighted by molar-refractivity contribution is 5.62. The molecule has 0 aliphatic carbocycles. The van der Waals surface area contributed by atoms with Crippen LogP contribution in [0.15, 0.2) is 42.1 Å². The van der Waals surface area contributed by atoms with Crippen LogP contribution in [0.3, 0.4) is 0 Å². The van der Waals surface area contributed by atoms with Crippen molar-refractivity contribution < 1.29 is 9.66 Å². The average molecular weight is 295 g/mol. The van der Waals surface area contributed by atoms with Crippen LogP contribution < -0.4 is 4.74 Å². The maximum Gasteiger partial charge on any atom is 0.390 e. The van der Waals surface area contributed by atoms with Crippen molar-refractivity contribution in [3.63, 3.8) is 0 Å². The molecule has 0 amide bonds. The average Bonchev–Trinajstić information content (AvgIpc) is 3.01. The van der Waals surface area contributed by atoms with E-state index < -0.39 is 4.92 Å². The fourth-order valence-electron chi connectivity index (χ4n) is 1.58. The van der Waals surface area contributed by atoms with E-state index in [-0.39, 0.29) is 18.1 Å².